The maximum Gasteiger partial charge on any atom is 0.225 e. The summed E-state index contributed by atoms with van der Waals surface area (Å²) in [4.78, 5) is 14.0. The standard InChI is InChI=1S/C21H29N7O/c1-14-19(15(2)29-25-14)18-11-22-21(26(3)4)23-20(18)16-7-6-9-28(12-16)13-17-8-10-27(5)24-17/h8,10-11,16H,6-7,9,12-13H2,1-5H3. The second-order valence-corrected chi connectivity index (χ2v) is 8.12. The zero-order valence-electron chi connectivity index (χ0n) is 17.9. The van der Waals surface area contributed by atoms with Gasteiger partial charge in [0.25, 0.3) is 0 Å². The van der Waals surface area contributed by atoms with E-state index in [1.165, 1.54) is 0 Å². The van der Waals surface area contributed by atoms with Gasteiger partial charge in [-0.25, -0.2) is 9.97 Å². The molecule has 1 atom stereocenters. The van der Waals surface area contributed by atoms with E-state index < -0.39 is 0 Å². The minimum absolute atomic E-state index is 0.331. The average Bonchev–Trinajstić information content (AvgIpc) is 3.26. The van der Waals surface area contributed by atoms with E-state index in [4.69, 9.17) is 9.51 Å². The Balaban J connectivity index is 1.67. The second-order valence-electron chi connectivity index (χ2n) is 8.12. The molecule has 1 unspecified atom stereocenters. The second kappa shape index (κ2) is 7.94. The molecular weight excluding hydrogens is 366 g/mol. The van der Waals surface area contributed by atoms with Gasteiger partial charge in [0.1, 0.15) is 5.76 Å². The first-order valence-electron chi connectivity index (χ1n) is 10.1. The number of rotatable bonds is 5. The molecule has 1 aliphatic rings. The first-order chi connectivity index (χ1) is 13.9. The molecule has 0 amide bonds. The summed E-state index contributed by atoms with van der Waals surface area (Å²) in [6, 6.07) is 2.09. The van der Waals surface area contributed by atoms with Crippen molar-refractivity contribution in [3.05, 3.63) is 41.3 Å². The Labute approximate surface area is 171 Å². The van der Waals surface area contributed by atoms with Gasteiger partial charge in [0.05, 0.1) is 22.6 Å². The molecular formula is C21H29N7O. The fourth-order valence-electron chi connectivity index (χ4n) is 4.17. The van der Waals surface area contributed by atoms with Gasteiger partial charge in [0, 0.05) is 58.1 Å². The highest BCUT2D eigenvalue weighted by Gasteiger charge is 2.28. The van der Waals surface area contributed by atoms with E-state index in [0.29, 0.717) is 5.92 Å². The van der Waals surface area contributed by atoms with Crippen LogP contribution in [0.5, 0.6) is 0 Å². The molecule has 3 aromatic rings. The molecule has 0 spiro atoms. The lowest BCUT2D eigenvalue weighted by Gasteiger charge is -2.33. The molecule has 1 fully saturated rings. The van der Waals surface area contributed by atoms with Gasteiger partial charge in [-0.05, 0) is 39.3 Å². The molecule has 0 aromatic carbocycles. The van der Waals surface area contributed by atoms with Crippen LogP contribution in [0.15, 0.2) is 23.0 Å². The van der Waals surface area contributed by atoms with E-state index in [2.05, 4.69) is 26.2 Å². The minimum Gasteiger partial charge on any atom is -0.361 e. The van der Waals surface area contributed by atoms with Crippen LogP contribution in [0, 0.1) is 13.8 Å². The lowest BCUT2D eigenvalue weighted by molar-refractivity contribution is 0.196. The summed E-state index contributed by atoms with van der Waals surface area (Å²) in [6.07, 6.45) is 6.18. The highest BCUT2D eigenvalue weighted by atomic mass is 16.5. The molecule has 0 N–H and O–H groups in total. The molecule has 0 saturated carbocycles. The zero-order valence-corrected chi connectivity index (χ0v) is 17.9. The van der Waals surface area contributed by atoms with Crippen LogP contribution in [0.2, 0.25) is 0 Å². The van der Waals surface area contributed by atoms with Gasteiger partial charge in [-0.3, -0.25) is 9.58 Å². The number of likely N-dealkylation sites (tertiary alicyclic amines) is 1. The number of anilines is 1. The highest BCUT2D eigenvalue weighted by molar-refractivity contribution is 5.70. The number of piperidine rings is 1. The summed E-state index contributed by atoms with van der Waals surface area (Å²) >= 11 is 0. The largest absolute Gasteiger partial charge is 0.361 e. The number of hydrogen-bond acceptors (Lipinski definition) is 7. The van der Waals surface area contributed by atoms with Crippen LogP contribution >= 0.6 is 0 Å². The predicted octanol–water partition coefficient (Wildman–Crippen LogP) is 2.93. The summed E-state index contributed by atoms with van der Waals surface area (Å²) in [7, 11) is 5.91. The van der Waals surface area contributed by atoms with Crippen LogP contribution in [-0.2, 0) is 13.6 Å². The van der Waals surface area contributed by atoms with Crippen molar-refractivity contribution in [2.24, 2.45) is 7.05 Å². The van der Waals surface area contributed by atoms with Crippen molar-refractivity contribution >= 4 is 5.95 Å². The number of aryl methyl sites for hydroxylation is 3. The van der Waals surface area contributed by atoms with Gasteiger partial charge in [-0.2, -0.15) is 5.10 Å². The van der Waals surface area contributed by atoms with Crippen LogP contribution in [0.25, 0.3) is 11.1 Å². The van der Waals surface area contributed by atoms with Crippen LogP contribution < -0.4 is 4.90 Å². The predicted molar refractivity (Wildman–Crippen MR) is 112 cm³/mol. The van der Waals surface area contributed by atoms with Crippen LogP contribution in [0.1, 0.15) is 41.6 Å². The highest BCUT2D eigenvalue weighted by Crippen LogP contribution is 2.36. The lowest BCUT2D eigenvalue weighted by Crippen LogP contribution is -2.34. The molecule has 1 saturated heterocycles. The summed E-state index contributed by atoms with van der Waals surface area (Å²) < 4.78 is 7.30. The maximum absolute atomic E-state index is 5.44. The van der Waals surface area contributed by atoms with E-state index >= 15 is 0 Å². The summed E-state index contributed by atoms with van der Waals surface area (Å²) in [5.74, 6) is 1.88. The Morgan fingerprint density at radius 3 is 2.76 bits per heavy atom. The summed E-state index contributed by atoms with van der Waals surface area (Å²) in [6.45, 7) is 6.83. The fraction of sp³-hybridized carbons (Fsp3) is 0.524. The Morgan fingerprint density at radius 2 is 2.10 bits per heavy atom. The van der Waals surface area contributed by atoms with Crippen molar-refractivity contribution in [3.63, 3.8) is 0 Å². The van der Waals surface area contributed by atoms with Gasteiger partial charge in [-0.15, -0.1) is 0 Å². The Hall–Kier alpha value is -2.74. The molecule has 8 nitrogen and oxygen atoms in total. The Bertz CT molecular complexity index is 971. The van der Waals surface area contributed by atoms with E-state index in [0.717, 1.165) is 72.4 Å². The van der Waals surface area contributed by atoms with E-state index in [1.807, 2.05) is 57.0 Å². The smallest absolute Gasteiger partial charge is 0.225 e. The number of nitrogens with zero attached hydrogens (tertiary/aromatic N) is 7. The minimum atomic E-state index is 0.331. The van der Waals surface area contributed by atoms with E-state index in [1.54, 1.807) is 0 Å². The molecule has 8 heteroatoms. The molecule has 0 aliphatic carbocycles. The monoisotopic (exact) mass is 395 g/mol. The van der Waals surface area contributed by atoms with E-state index in [9.17, 15) is 0 Å². The molecule has 154 valence electrons. The molecule has 0 bridgehead atoms. The number of hydrogen-bond donors (Lipinski definition) is 0. The Kier molecular flexibility index (Phi) is 5.36. The molecule has 4 heterocycles. The summed E-state index contributed by atoms with van der Waals surface area (Å²) in [5.41, 5.74) is 5.13. The van der Waals surface area contributed by atoms with Gasteiger partial charge in [-0.1, -0.05) is 5.16 Å². The van der Waals surface area contributed by atoms with Crippen molar-refractivity contribution in [1.82, 2.24) is 29.8 Å². The normalized spacial score (nSPS) is 17.6. The third-order valence-electron chi connectivity index (χ3n) is 5.55. The zero-order chi connectivity index (χ0) is 20.5. The van der Waals surface area contributed by atoms with Crippen molar-refractivity contribution in [3.8, 4) is 11.1 Å². The topological polar surface area (TPSA) is 76.1 Å². The van der Waals surface area contributed by atoms with Crippen LogP contribution in [-0.4, -0.2) is 57.0 Å². The Morgan fingerprint density at radius 1 is 1.28 bits per heavy atom. The van der Waals surface area contributed by atoms with Crippen molar-refractivity contribution in [1.29, 1.82) is 0 Å². The number of aromatic nitrogens is 5. The van der Waals surface area contributed by atoms with Crippen molar-refractivity contribution in [2.75, 3.05) is 32.1 Å². The van der Waals surface area contributed by atoms with Gasteiger partial charge < -0.3 is 9.42 Å². The van der Waals surface area contributed by atoms with Crippen molar-refractivity contribution in [2.45, 2.75) is 39.2 Å². The van der Waals surface area contributed by atoms with Gasteiger partial charge in [0.2, 0.25) is 5.95 Å². The van der Waals surface area contributed by atoms with Gasteiger partial charge >= 0.3 is 0 Å². The first-order valence-corrected chi connectivity index (χ1v) is 10.1. The maximum atomic E-state index is 5.44. The van der Waals surface area contributed by atoms with E-state index in [-0.39, 0.29) is 0 Å². The van der Waals surface area contributed by atoms with Crippen LogP contribution in [0.3, 0.4) is 0 Å². The molecule has 0 radical (unpaired) electrons. The average molecular weight is 396 g/mol. The third-order valence-corrected chi connectivity index (χ3v) is 5.55. The SMILES string of the molecule is Cc1noc(C)c1-c1cnc(N(C)C)nc1C1CCCN(Cc2ccn(C)n2)C1. The summed E-state index contributed by atoms with van der Waals surface area (Å²) in [5, 5.41) is 8.69. The third kappa shape index (κ3) is 4.03. The lowest BCUT2D eigenvalue weighted by atomic mass is 9.89. The first kappa shape index (κ1) is 19.6. The molecule has 3 aromatic heterocycles. The van der Waals surface area contributed by atoms with Gasteiger partial charge in [0.15, 0.2) is 0 Å². The quantitative estimate of drug-likeness (QED) is 0.657. The van der Waals surface area contributed by atoms with Crippen molar-refractivity contribution < 1.29 is 4.52 Å². The van der Waals surface area contributed by atoms with Crippen LogP contribution in [0.4, 0.5) is 5.95 Å². The molecule has 1 aliphatic heterocycles. The fourth-order valence-corrected chi connectivity index (χ4v) is 4.17. The molecule has 29 heavy (non-hydrogen) atoms. The molecule has 4 rings (SSSR count).